The zero-order valence-corrected chi connectivity index (χ0v) is 19.6. The van der Waals surface area contributed by atoms with Gasteiger partial charge in [-0.2, -0.15) is 0 Å². The third-order valence-corrected chi connectivity index (χ3v) is 8.67. The van der Waals surface area contributed by atoms with Crippen molar-refractivity contribution in [3.05, 3.63) is 48.0 Å². The molecule has 1 amide bonds. The van der Waals surface area contributed by atoms with Crippen LogP contribution < -0.4 is 5.32 Å². The second-order valence-electron chi connectivity index (χ2n) is 10.5. The van der Waals surface area contributed by atoms with Crippen LogP contribution in [0, 0.1) is 29.6 Å². The van der Waals surface area contributed by atoms with Gasteiger partial charge in [-0.05, 0) is 66.5 Å². The number of methoxy groups -OCH3 is 1. The van der Waals surface area contributed by atoms with Gasteiger partial charge in [0.25, 0.3) is 0 Å². The van der Waals surface area contributed by atoms with E-state index >= 15 is 0 Å². The standard InChI is InChI=1S/C26H35N3O3/c1-17-27-11-12-29(17)20-7-5-18(6-8-20)23-21-15-19-16-26(21,10-14-32-23)24(25(19,2)3)28-22(30)9-13-31-4/h5-8,11-12,19,21,23-24H,9-10,13-16H2,1-4H3,(H,28,30)/t19-,21-,23-,24-,26-/m1/s1. The lowest BCUT2D eigenvalue weighted by Crippen LogP contribution is -2.59. The minimum absolute atomic E-state index is 0.0844. The lowest BCUT2D eigenvalue weighted by molar-refractivity contribution is -0.137. The Morgan fingerprint density at radius 1 is 1.31 bits per heavy atom. The SMILES string of the molecule is COCCC(=O)N[C@@H]1C(C)(C)[C@@H]2C[C@@H]3[C@@H](c4ccc(-n5ccnc5C)cc4)OCC[C@@]31C2. The number of aromatic nitrogens is 2. The number of rotatable bonds is 6. The minimum Gasteiger partial charge on any atom is -0.384 e. The van der Waals surface area contributed by atoms with Crippen LogP contribution in [0.15, 0.2) is 36.7 Å². The Balaban J connectivity index is 1.41. The van der Waals surface area contributed by atoms with Crippen LogP contribution in [0.4, 0.5) is 0 Å². The molecule has 6 nitrogen and oxygen atoms in total. The Morgan fingerprint density at radius 2 is 2.09 bits per heavy atom. The molecule has 2 bridgehead atoms. The number of imidazole rings is 1. The molecular formula is C26H35N3O3. The molecule has 5 atom stereocenters. The number of nitrogens with zero attached hydrogens (tertiary/aromatic N) is 2. The fourth-order valence-corrected chi connectivity index (χ4v) is 7.02. The molecule has 5 rings (SSSR count). The van der Waals surface area contributed by atoms with E-state index in [2.05, 4.69) is 53.0 Å². The second-order valence-corrected chi connectivity index (χ2v) is 10.5. The number of aryl methyl sites for hydroxylation is 1. The fourth-order valence-electron chi connectivity index (χ4n) is 7.02. The number of carbonyl (C=O) groups is 1. The van der Waals surface area contributed by atoms with E-state index < -0.39 is 0 Å². The first-order chi connectivity index (χ1) is 15.4. The molecule has 2 aliphatic carbocycles. The number of nitrogens with one attached hydrogen (secondary N) is 1. The fraction of sp³-hybridized carbons (Fsp3) is 0.615. The molecule has 1 aromatic carbocycles. The average Bonchev–Trinajstić information content (AvgIpc) is 3.44. The first kappa shape index (κ1) is 21.7. The topological polar surface area (TPSA) is 65.4 Å². The van der Waals surface area contributed by atoms with Crippen molar-refractivity contribution < 1.29 is 14.3 Å². The molecule has 32 heavy (non-hydrogen) atoms. The largest absolute Gasteiger partial charge is 0.384 e. The Kier molecular flexibility index (Phi) is 5.41. The van der Waals surface area contributed by atoms with Crippen LogP contribution in [0.1, 0.15) is 57.0 Å². The predicted octanol–water partition coefficient (Wildman–Crippen LogP) is 4.22. The summed E-state index contributed by atoms with van der Waals surface area (Å²) in [6, 6.07) is 8.93. The van der Waals surface area contributed by atoms with Gasteiger partial charge in [0.1, 0.15) is 5.82 Å². The summed E-state index contributed by atoms with van der Waals surface area (Å²) >= 11 is 0. The zero-order valence-electron chi connectivity index (χ0n) is 19.6. The Morgan fingerprint density at radius 3 is 2.78 bits per heavy atom. The molecule has 2 heterocycles. The van der Waals surface area contributed by atoms with E-state index in [0.29, 0.717) is 24.9 Å². The van der Waals surface area contributed by atoms with Crippen molar-refractivity contribution >= 4 is 5.91 Å². The van der Waals surface area contributed by atoms with Crippen LogP contribution in [-0.4, -0.2) is 41.8 Å². The summed E-state index contributed by atoms with van der Waals surface area (Å²) in [4.78, 5) is 17.0. The summed E-state index contributed by atoms with van der Waals surface area (Å²) in [5, 5.41) is 3.45. The molecule has 0 radical (unpaired) electrons. The maximum Gasteiger partial charge on any atom is 0.222 e. The van der Waals surface area contributed by atoms with Gasteiger partial charge >= 0.3 is 0 Å². The number of carbonyl (C=O) groups excluding carboxylic acids is 1. The molecule has 172 valence electrons. The van der Waals surface area contributed by atoms with Crippen LogP contribution in [0.3, 0.4) is 0 Å². The molecule has 1 aliphatic heterocycles. The van der Waals surface area contributed by atoms with E-state index in [1.807, 2.05) is 19.3 Å². The average molecular weight is 438 g/mol. The first-order valence-electron chi connectivity index (χ1n) is 11.9. The quantitative estimate of drug-likeness (QED) is 0.735. The molecule has 1 N–H and O–H groups in total. The van der Waals surface area contributed by atoms with Crippen molar-refractivity contribution in [1.82, 2.24) is 14.9 Å². The molecule has 3 fully saturated rings. The molecule has 1 aromatic heterocycles. The molecule has 0 unspecified atom stereocenters. The van der Waals surface area contributed by atoms with Gasteiger partial charge in [-0.15, -0.1) is 0 Å². The lowest BCUT2D eigenvalue weighted by Gasteiger charge is -2.53. The van der Waals surface area contributed by atoms with E-state index in [-0.39, 0.29) is 28.9 Å². The summed E-state index contributed by atoms with van der Waals surface area (Å²) in [6.45, 7) is 7.91. The highest BCUT2D eigenvalue weighted by Crippen LogP contribution is 2.70. The Bertz CT molecular complexity index is 982. The van der Waals surface area contributed by atoms with Crippen LogP contribution >= 0.6 is 0 Å². The number of amides is 1. The van der Waals surface area contributed by atoms with Crippen molar-refractivity contribution in [1.29, 1.82) is 0 Å². The van der Waals surface area contributed by atoms with Gasteiger partial charge < -0.3 is 19.4 Å². The molecule has 3 aliphatic rings. The maximum atomic E-state index is 12.7. The van der Waals surface area contributed by atoms with Crippen molar-refractivity contribution in [3.8, 4) is 5.69 Å². The van der Waals surface area contributed by atoms with Gasteiger partial charge in [0.2, 0.25) is 5.91 Å². The summed E-state index contributed by atoms with van der Waals surface area (Å²) in [7, 11) is 1.64. The predicted molar refractivity (Wildman–Crippen MR) is 122 cm³/mol. The van der Waals surface area contributed by atoms with Crippen LogP contribution in [0.25, 0.3) is 5.69 Å². The van der Waals surface area contributed by atoms with E-state index in [4.69, 9.17) is 9.47 Å². The van der Waals surface area contributed by atoms with E-state index in [1.54, 1.807) is 7.11 Å². The number of hydrogen-bond donors (Lipinski definition) is 1. The molecule has 6 heteroatoms. The normalized spacial score (nSPS) is 32.6. The van der Waals surface area contributed by atoms with Gasteiger partial charge in [-0.3, -0.25) is 4.79 Å². The van der Waals surface area contributed by atoms with E-state index in [9.17, 15) is 4.79 Å². The summed E-state index contributed by atoms with van der Waals surface area (Å²) in [5.41, 5.74) is 2.57. The van der Waals surface area contributed by atoms with Crippen molar-refractivity contribution in [2.24, 2.45) is 22.7 Å². The number of ether oxygens (including phenoxy) is 2. The Hall–Kier alpha value is -2.18. The van der Waals surface area contributed by atoms with Crippen molar-refractivity contribution in [3.63, 3.8) is 0 Å². The summed E-state index contributed by atoms with van der Waals surface area (Å²) < 4.78 is 13.6. The van der Waals surface area contributed by atoms with Gasteiger partial charge in [0.05, 0.1) is 12.7 Å². The third-order valence-electron chi connectivity index (χ3n) is 8.67. The van der Waals surface area contributed by atoms with E-state index in [1.165, 1.54) is 18.4 Å². The highest BCUT2D eigenvalue weighted by molar-refractivity contribution is 5.76. The monoisotopic (exact) mass is 437 g/mol. The molecule has 2 aromatic rings. The first-order valence-corrected chi connectivity index (χ1v) is 11.9. The van der Waals surface area contributed by atoms with Crippen LogP contribution in [0.2, 0.25) is 0 Å². The summed E-state index contributed by atoms with van der Waals surface area (Å²) in [5.74, 6) is 2.13. The molecule has 1 saturated heterocycles. The van der Waals surface area contributed by atoms with Crippen molar-refractivity contribution in [2.75, 3.05) is 20.3 Å². The molecular weight excluding hydrogens is 402 g/mol. The summed E-state index contributed by atoms with van der Waals surface area (Å²) in [6.07, 6.45) is 7.71. The number of hydrogen-bond acceptors (Lipinski definition) is 4. The minimum atomic E-state index is 0.0844. The van der Waals surface area contributed by atoms with E-state index in [0.717, 1.165) is 24.5 Å². The van der Waals surface area contributed by atoms with Crippen LogP contribution in [-0.2, 0) is 14.3 Å². The highest BCUT2D eigenvalue weighted by atomic mass is 16.5. The molecule has 2 saturated carbocycles. The number of benzene rings is 1. The lowest BCUT2D eigenvalue weighted by atomic mass is 9.59. The highest BCUT2D eigenvalue weighted by Gasteiger charge is 2.68. The van der Waals surface area contributed by atoms with Gasteiger partial charge in [-0.1, -0.05) is 26.0 Å². The number of fused-ring (bicyclic) bond motifs is 1. The van der Waals surface area contributed by atoms with Gasteiger partial charge in [-0.25, -0.2) is 4.98 Å². The van der Waals surface area contributed by atoms with Crippen LogP contribution in [0.5, 0.6) is 0 Å². The maximum absolute atomic E-state index is 12.7. The van der Waals surface area contributed by atoms with Crippen molar-refractivity contribution in [2.45, 2.75) is 58.6 Å². The zero-order chi connectivity index (χ0) is 22.5. The van der Waals surface area contributed by atoms with Gasteiger partial charge in [0.15, 0.2) is 0 Å². The third kappa shape index (κ3) is 3.30. The second kappa shape index (κ2) is 7.99. The van der Waals surface area contributed by atoms with Gasteiger partial charge in [0, 0.05) is 44.3 Å². The Labute approximate surface area is 190 Å². The smallest absolute Gasteiger partial charge is 0.222 e. The molecule has 1 spiro atoms.